The van der Waals surface area contributed by atoms with Gasteiger partial charge in [0.25, 0.3) is 0 Å². The van der Waals surface area contributed by atoms with E-state index in [9.17, 15) is 0 Å². The maximum Gasteiger partial charge on any atom is 0.0640 e. The third kappa shape index (κ3) is 4.73. The second kappa shape index (κ2) is 12.5. The molecule has 0 N–H and O–H groups in total. The molecule has 0 aliphatic heterocycles. The summed E-state index contributed by atoms with van der Waals surface area (Å²) in [4.78, 5) is 5.02. The molecule has 12 rings (SSSR count). The first-order valence-electron chi connectivity index (χ1n) is 19.3. The lowest BCUT2D eigenvalue weighted by molar-refractivity contribution is 0.551. The highest BCUT2D eigenvalue weighted by atomic mass is 32.1. The van der Waals surface area contributed by atoms with Crippen molar-refractivity contribution < 1.29 is 0 Å². The highest BCUT2D eigenvalue weighted by Crippen LogP contribution is 2.55. The standard InChI is InChI=1S/C52H34N2S2/c1-3-13-35(14-4-1)53(45-21-11-19-39-37-17-7-9-23-47(37)55-51(39)45)43-31-27-33-26-30-42-44(32-28-34-25-29-41(43)49(33)50(34)42)54(36-15-5-2-6-16-36)46-22-12-20-40-38-18-8-10-24-48(38)56-52(40)46/h1-32,49-50H. The Morgan fingerprint density at radius 3 is 1.57 bits per heavy atom. The molecule has 0 radical (unpaired) electrons. The van der Waals surface area contributed by atoms with Crippen molar-refractivity contribution >= 4 is 85.8 Å². The third-order valence-corrected chi connectivity index (χ3v) is 14.3. The topological polar surface area (TPSA) is 6.48 Å². The van der Waals surface area contributed by atoms with Crippen molar-refractivity contribution in [3.05, 3.63) is 228 Å². The molecule has 8 aromatic rings. The Labute approximate surface area is 333 Å². The van der Waals surface area contributed by atoms with Crippen LogP contribution in [0.3, 0.4) is 0 Å². The third-order valence-electron chi connectivity index (χ3n) is 11.9. The van der Waals surface area contributed by atoms with E-state index in [1.165, 1.54) is 85.4 Å². The maximum absolute atomic E-state index is 2.51. The quantitative estimate of drug-likeness (QED) is 0.167. The largest absolute Gasteiger partial charge is 0.309 e. The minimum atomic E-state index is 0.181. The molecule has 4 aliphatic carbocycles. The Bertz CT molecular complexity index is 3150. The van der Waals surface area contributed by atoms with Crippen molar-refractivity contribution in [3.63, 3.8) is 0 Å². The minimum Gasteiger partial charge on any atom is -0.309 e. The van der Waals surface area contributed by atoms with Gasteiger partial charge in [-0.15, -0.1) is 22.7 Å². The van der Waals surface area contributed by atoms with Crippen LogP contribution in [0.15, 0.2) is 228 Å². The number of allylic oxidation sites excluding steroid dienone is 12. The van der Waals surface area contributed by atoms with Crippen molar-refractivity contribution in [2.45, 2.75) is 0 Å². The lowest BCUT2D eigenvalue weighted by Crippen LogP contribution is -2.35. The van der Waals surface area contributed by atoms with Crippen molar-refractivity contribution in [2.24, 2.45) is 11.8 Å². The molecule has 2 unspecified atom stereocenters. The average Bonchev–Trinajstić information content (AvgIpc) is 3.84. The van der Waals surface area contributed by atoms with Gasteiger partial charge in [-0.25, -0.2) is 0 Å². The lowest BCUT2D eigenvalue weighted by Gasteiger charge is -2.45. The minimum absolute atomic E-state index is 0.181. The van der Waals surface area contributed by atoms with E-state index in [2.05, 4.69) is 204 Å². The van der Waals surface area contributed by atoms with E-state index in [1.807, 2.05) is 22.7 Å². The van der Waals surface area contributed by atoms with Gasteiger partial charge in [-0.05, 0) is 83.0 Å². The molecule has 56 heavy (non-hydrogen) atoms. The number of rotatable bonds is 6. The van der Waals surface area contributed by atoms with Crippen LogP contribution in [0, 0.1) is 11.8 Å². The number of fused-ring (bicyclic) bond motifs is 6. The van der Waals surface area contributed by atoms with Crippen LogP contribution in [0.1, 0.15) is 0 Å². The summed E-state index contributed by atoms with van der Waals surface area (Å²) in [6.07, 6.45) is 19.0. The Balaban J connectivity index is 1.04. The SMILES string of the molecule is C1=CC2=C(N(c3ccccc3)c3cccc4c3sc3ccccc34)C=CC3=CC=C4C(N(c5ccccc5)c5cccc6c5sc5ccccc56)=CC=C1C4C32. The normalized spacial score (nSPS) is 18.2. The fourth-order valence-electron chi connectivity index (χ4n) is 9.43. The van der Waals surface area contributed by atoms with Crippen LogP contribution >= 0.6 is 22.7 Å². The summed E-state index contributed by atoms with van der Waals surface area (Å²) in [5.41, 5.74) is 12.6. The molecule has 2 aromatic heterocycles. The van der Waals surface area contributed by atoms with Crippen LogP contribution in [-0.2, 0) is 0 Å². The Morgan fingerprint density at radius 1 is 0.393 bits per heavy atom. The second-order valence-electron chi connectivity index (χ2n) is 14.8. The summed E-state index contributed by atoms with van der Waals surface area (Å²) in [6, 6.07) is 53.0. The van der Waals surface area contributed by atoms with E-state index in [1.54, 1.807) is 0 Å². The van der Waals surface area contributed by atoms with Crippen LogP contribution in [0.4, 0.5) is 22.7 Å². The highest BCUT2D eigenvalue weighted by molar-refractivity contribution is 7.26. The highest BCUT2D eigenvalue weighted by Gasteiger charge is 2.43. The van der Waals surface area contributed by atoms with E-state index in [-0.39, 0.29) is 11.8 Å². The van der Waals surface area contributed by atoms with Crippen LogP contribution in [0.5, 0.6) is 0 Å². The molecule has 0 fully saturated rings. The van der Waals surface area contributed by atoms with E-state index in [0.29, 0.717) is 0 Å². The maximum atomic E-state index is 2.51. The summed E-state index contributed by atoms with van der Waals surface area (Å²) in [7, 11) is 0. The number of hydrogen-bond acceptors (Lipinski definition) is 4. The van der Waals surface area contributed by atoms with Gasteiger partial charge in [0.05, 0.1) is 32.2 Å². The zero-order chi connectivity index (χ0) is 36.7. The molecule has 6 aromatic carbocycles. The monoisotopic (exact) mass is 750 g/mol. The molecule has 4 heteroatoms. The Kier molecular flexibility index (Phi) is 7.13. The smallest absolute Gasteiger partial charge is 0.0640 e. The van der Waals surface area contributed by atoms with Gasteiger partial charge in [-0.1, -0.05) is 134 Å². The van der Waals surface area contributed by atoms with Crippen LogP contribution in [0.2, 0.25) is 0 Å². The second-order valence-corrected chi connectivity index (χ2v) is 16.9. The first-order valence-corrected chi connectivity index (χ1v) is 20.9. The number of para-hydroxylation sites is 2. The van der Waals surface area contributed by atoms with Crippen molar-refractivity contribution in [2.75, 3.05) is 9.80 Å². The van der Waals surface area contributed by atoms with Gasteiger partial charge in [-0.2, -0.15) is 0 Å². The predicted octanol–water partition coefficient (Wildman–Crippen LogP) is 14.7. The number of thiophene rings is 2. The number of hydrogen-bond donors (Lipinski definition) is 0. The molecular weight excluding hydrogens is 717 g/mol. The molecule has 0 bridgehead atoms. The first-order chi connectivity index (χ1) is 27.8. The Hall–Kier alpha value is -6.46. The zero-order valence-electron chi connectivity index (χ0n) is 30.3. The Morgan fingerprint density at radius 2 is 0.911 bits per heavy atom. The van der Waals surface area contributed by atoms with E-state index in [0.717, 1.165) is 11.4 Å². The number of anilines is 4. The summed E-state index contributed by atoms with van der Waals surface area (Å²) >= 11 is 3.78. The molecule has 0 amide bonds. The summed E-state index contributed by atoms with van der Waals surface area (Å²) in [5, 5.41) is 5.24. The van der Waals surface area contributed by atoms with Crippen molar-refractivity contribution in [1.29, 1.82) is 0 Å². The van der Waals surface area contributed by atoms with E-state index >= 15 is 0 Å². The first kappa shape index (κ1) is 31.8. The zero-order valence-corrected chi connectivity index (χ0v) is 32.0. The molecule has 4 aliphatic rings. The molecule has 0 saturated carbocycles. The van der Waals surface area contributed by atoms with Gasteiger partial charge < -0.3 is 9.80 Å². The average molecular weight is 751 g/mol. The van der Waals surface area contributed by atoms with Crippen LogP contribution < -0.4 is 9.80 Å². The molecule has 2 heterocycles. The summed E-state index contributed by atoms with van der Waals surface area (Å²) in [6.45, 7) is 0. The molecule has 0 saturated heterocycles. The summed E-state index contributed by atoms with van der Waals surface area (Å²) in [5.74, 6) is 0.362. The fourth-order valence-corrected chi connectivity index (χ4v) is 11.8. The molecule has 2 atom stereocenters. The van der Waals surface area contributed by atoms with Gasteiger partial charge in [0.15, 0.2) is 0 Å². The predicted molar refractivity (Wildman–Crippen MR) is 240 cm³/mol. The lowest BCUT2D eigenvalue weighted by atomic mass is 9.63. The van der Waals surface area contributed by atoms with Gasteiger partial charge in [0.1, 0.15) is 0 Å². The van der Waals surface area contributed by atoms with Gasteiger partial charge in [0.2, 0.25) is 0 Å². The van der Waals surface area contributed by atoms with Crippen LogP contribution in [-0.4, -0.2) is 0 Å². The van der Waals surface area contributed by atoms with Gasteiger partial charge >= 0.3 is 0 Å². The van der Waals surface area contributed by atoms with Crippen molar-refractivity contribution in [1.82, 2.24) is 0 Å². The molecule has 0 spiro atoms. The van der Waals surface area contributed by atoms with Crippen LogP contribution in [0.25, 0.3) is 40.3 Å². The van der Waals surface area contributed by atoms with E-state index < -0.39 is 0 Å². The molecule has 264 valence electrons. The number of benzene rings is 6. The molecular formula is C52H34N2S2. The van der Waals surface area contributed by atoms with Gasteiger partial charge in [-0.3, -0.25) is 0 Å². The van der Waals surface area contributed by atoms with Gasteiger partial charge in [0, 0.05) is 54.2 Å². The molecule has 2 nitrogen and oxygen atoms in total. The van der Waals surface area contributed by atoms with E-state index in [4.69, 9.17) is 0 Å². The van der Waals surface area contributed by atoms with Crippen molar-refractivity contribution in [3.8, 4) is 0 Å². The summed E-state index contributed by atoms with van der Waals surface area (Å²) < 4.78 is 5.24. The number of nitrogens with zero attached hydrogens (tertiary/aromatic N) is 2. The fraction of sp³-hybridized carbons (Fsp3) is 0.0385.